The van der Waals surface area contributed by atoms with Gasteiger partial charge in [0.15, 0.2) is 5.82 Å². The van der Waals surface area contributed by atoms with E-state index in [-0.39, 0.29) is 0 Å². The van der Waals surface area contributed by atoms with Crippen LogP contribution in [0.1, 0.15) is 36.1 Å². The Morgan fingerprint density at radius 3 is 2.53 bits per heavy atom. The minimum Gasteiger partial charge on any atom is -0.308 e. The van der Waals surface area contributed by atoms with Crippen molar-refractivity contribution in [2.45, 2.75) is 40.5 Å². The van der Waals surface area contributed by atoms with Crippen molar-refractivity contribution in [1.29, 1.82) is 0 Å². The van der Waals surface area contributed by atoms with Crippen LogP contribution in [0.4, 0.5) is 5.82 Å². The lowest BCUT2D eigenvalue weighted by Crippen LogP contribution is -2.13. The average molecular weight is 260 g/mol. The first-order valence-corrected chi connectivity index (χ1v) is 6.44. The third kappa shape index (κ3) is 2.58. The summed E-state index contributed by atoms with van der Waals surface area (Å²) in [6.07, 6.45) is 1.81. The maximum Gasteiger partial charge on any atom is 0.159 e. The van der Waals surface area contributed by atoms with Crippen LogP contribution < -0.4 is 11.3 Å². The van der Waals surface area contributed by atoms with E-state index >= 15 is 0 Å². The third-order valence-electron chi connectivity index (χ3n) is 3.25. The fourth-order valence-electron chi connectivity index (χ4n) is 1.94. The predicted octanol–water partition coefficient (Wildman–Crippen LogP) is 1.83. The van der Waals surface area contributed by atoms with Gasteiger partial charge in [0.25, 0.3) is 0 Å². The van der Waals surface area contributed by atoms with E-state index in [1.54, 1.807) is 6.07 Å². The molecule has 0 spiro atoms. The molecule has 0 aliphatic heterocycles. The number of rotatable bonds is 4. The van der Waals surface area contributed by atoms with Gasteiger partial charge in [-0.1, -0.05) is 6.92 Å². The van der Waals surface area contributed by atoms with Crippen LogP contribution in [0.3, 0.4) is 0 Å². The number of aromatic nitrogens is 4. The Bertz CT molecular complexity index is 587. The van der Waals surface area contributed by atoms with Crippen LogP contribution in [0.25, 0.3) is 5.82 Å². The highest BCUT2D eigenvalue weighted by Crippen LogP contribution is 2.17. The average Bonchev–Trinajstić information content (AvgIpc) is 2.66. The van der Waals surface area contributed by atoms with Gasteiger partial charge < -0.3 is 5.43 Å². The first-order chi connectivity index (χ1) is 9.06. The normalized spacial score (nSPS) is 10.8. The quantitative estimate of drug-likeness (QED) is 0.647. The SMILES string of the molecule is CCCc1nc(NN)cc(-n2nc(C)c(C)c2C)n1. The molecule has 2 heterocycles. The second-order valence-electron chi connectivity index (χ2n) is 4.63. The van der Waals surface area contributed by atoms with E-state index in [1.165, 1.54) is 5.56 Å². The Morgan fingerprint density at radius 1 is 1.26 bits per heavy atom. The summed E-state index contributed by atoms with van der Waals surface area (Å²) in [4.78, 5) is 8.89. The number of nitrogens with zero attached hydrogens (tertiary/aromatic N) is 4. The molecule has 6 nitrogen and oxygen atoms in total. The molecule has 0 amide bonds. The van der Waals surface area contributed by atoms with Crippen molar-refractivity contribution in [1.82, 2.24) is 19.7 Å². The first-order valence-electron chi connectivity index (χ1n) is 6.44. The van der Waals surface area contributed by atoms with E-state index < -0.39 is 0 Å². The molecule has 0 radical (unpaired) electrons. The van der Waals surface area contributed by atoms with E-state index in [1.807, 2.05) is 18.5 Å². The van der Waals surface area contributed by atoms with Crippen molar-refractivity contribution in [3.63, 3.8) is 0 Å². The molecule has 0 aliphatic rings. The molecule has 0 aliphatic carbocycles. The second-order valence-corrected chi connectivity index (χ2v) is 4.63. The Hall–Kier alpha value is -1.95. The topological polar surface area (TPSA) is 81.6 Å². The number of hydrazine groups is 1. The minimum absolute atomic E-state index is 0.610. The summed E-state index contributed by atoms with van der Waals surface area (Å²) in [6, 6.07) is 1.80. The van der Waals surface area contributed by atoms with E-state index in [9.17, 15) is 0 Å². The summed E-state index contributed by atoms with van der Waals surface area (Å²) < 4.78 is 1.84. The van der Waals surface area contributed by atoms with Crippen molar-refractivity contribution < 1.29 is 0 Å². The number of nitrogens with two attached hydrogens (primary N) is 1. The maximum absolute atomic E-state index is 5.47. The Balaban J connectivity index is 2.54. The highest BCUT2D eigenvalue weighted by atomic mass is 15.3. The van der Waals surface area contributed by atoms with Crippen LogP contribution in [-0.4, -0.2) is 19.7 Å². The smallest absolute Gasteiger partial charge is 0.159 e. The van der Waals surface area contributed by atoms with Crippen LogP contribution in [0, 0.1) is 20.8 Å². The molecule has 3 N–H and O–H groups in total. The molecule has 0 aromatic carbocycles. The van der Waals surface area contributed by atoms with Gasteiger partial charge in [0.05, 0.1) is 5.69 Å². The molecule has 0 atom stereocenters. The lowest BCUT2D eigenvalue weighted by molar-refractivity contribution is 0.766. The number of nitrogens with one attached hydrogen (secondary N) is 1. The molecule has 2 rings (SSSR count). The minimum atomic E-state index is 0.610. The van der Waals surface area contributed by atoms with E-state index in [4.69, 9.17) is 5.84 Å². The Labute approximate surface area is 113 Å². The van der Waals surface area contributed by atoms with Gasteiger partial charge in [-0.3, -0.25) is 0 Å². The zero-order valence-corrected chi connectivity index (χ0v) is 11.9. The summed E-state index contributed by atoms with van der Waals surface area (Å²) >= 11 is 0. The lowest BCUT2D eigenvalue weighted by atomic mass is 10.2. The summed E-state index contributed by atoms with van der Waals surface area (Å²) in [5.41, 5.74) is 5.86. The molecular weight excluding hydrogens is 240 g/mol. The largest absolute Gasteiger partial charge is 0.308 e. The fraction of sp³-hybridized carbons (Fsp3) is 0.462. The Kier molecular flexibility index (Phi) is 3.80. The summed E-state index contributed by atoms with van der Waals surface area (Å²) in [7, 11) is 0. The molecule has 0 bridgehead atoms. The molecule has 6 heteroatoms. The highest BCUT2D eigenvalue weighted by Gasteiger charge is 2.12. The standard InChI is InChI=1S/C13H20N6/c1-5-6-11-15-12(17-14)7-13(16-11)19-10(4)8(2)9(3)18-19/h7H,5-6,14H2,1-4H3,(H,15,16,17). The summed E-state index contributed by atoms with van der Waals surface area (Å²) in [5, 5.41) is 4.51. The highest BCUT2D eigenvalue weighted by molar-refractivity contribution is 5.42. The van der Waals surface area contributed by atoms with Crippen LogP contribution >= 0.6 is 0 Å². The van der Waals surface area contributed by atoms with Crippen molar-refractivity contribution in [3.8, 4) is 5.82 Å². The van der Waals surface area contributed by atoms with Crippen LogP contribution in [-0.2, 0) is 6.42 Å². The van der Waals surface area contributed by atoms with Crippen molar-refractivity contribution in [2.75, 3.05) is 5.43 Å². The van der Waals surface area contributed by atoms with Gasteiger partial charge >= 0.3 is 0 Å². The van der Waals surface area contributed by atoms with E-state index in [0.29, 0.717) is 5.82 Å². The van der Waals surface area contributed by atoms with Gasteiger partial charge in [-0.25, -0.2) is 20.5 Å². The van der Waals surface area contributed by atoms with Crippen LogP contribution in [0.2, 0.25) is 0 Å². The van der Waals surface area contributed by atoms with E-state index in [2.05, 4.69) is 34.3 Å². The van der Waals surface area contributed by atoms with Crippen molar-refractivity contribution in [2.24, 2.45) is 5.84 Å². The van der Waals surface area contributed by atoms with Crippen molar-refractivity contribution in [3.05, 3.63) is 28.8 Å². The number of hydrogen-bond donors (Lipinski definition) is 2. The maximum atomic E-state index is 5.47. The molecular formula is C13H20N6. The summed E-state index contributed by atoms with van der Waals surface area (Å²) in [5.74, 6) is 7.60. The van der Waals surface area contributed by atoms with Gasteiger partial charge in [0, 0.05) is 18.2 Å². The van der Waals surface area contributed by atoms with Gasteiger partial charge in [-0.05, 0) is 32.8 Å². The number of aryl methyl sites for hydroxylation is 2. The zero-order valence-electron chi connectivity index (χ0n) is 11.9. The van der Waals surface area contributed by atoms with E-state index in [0.717, 1.165) is 35.9 Å². The molecule has 2 aromatic rings. The zero-order chi connectivity index (χ0) is 14.0. The lowest BCUT2D eigenvalue weighted by Gasteiger charge is -2.08. The molecule has 0 fully saturated rings. The molecule has 0 unspecified atom stereocenters. The van der Waals surface area contributed by atoms with Gasteiger partial charge in [0.1, 0.15) is 11.6 Å². The molecule has 2 aromatic heterocycles. The predicted molar refractivity (Wildman–Crippen MR) is 75.2 cm³/mol. The summed E-state index contributed by atoms with van der Waals surface area (Å²) in [6.45, 7) is 8.19. The molecule has 0 saturated heterocycles. The molecule has 19 heavy (non-hydrogen) atoms. The second kappa shape index (κ2) is 5.36. The van der Waals surface area contributed by atoms with Gasteiger partial charge in [-0.15, -0.1) is 0 Å². The third-order valence-corrected chi connectivity index (χ3v) is 3.25. The molecule has 0 saturated carbocycles. The first kappa shape index (κ1) is 13.5. The van der Waals surface area contributed by atoms with Crippen molar-refractivity contribution >= 4 is 5.82 Å². The Morgan fingerprint density at radius 2 is 2.00 bits per heavy atom. The monoisotopic (exact) mass is 260 g/mol. The molecule has 102 valence electrons. The van der Waals surface area contributed by atoms with Crippen LogP contribution in [0.5, 0.6) is 0 Å². The number of hydrogen-bond acceptors (Lipinski definition) is 5. The fourth-order valence-corrected chi connectivity index (χ4v) is 1.94. The number of nitrogen functional groups attached to an aromatic ring is 1. The van der Waals surface area contributed by atoms with Gasteiger partial charge in [-0.2, -0.15) is 5.10 Å². The van der Waals surface area contributed by atoms with Gasteiger partial charge in [0.2, 0.25) is 0 Å². The number of anilines is 1. The van der Waals surface area contributed by atoms with Crippen LogP contribution in [0.15, 0.2) is 6.07 Å².